The highest BCUT2D eigenvalue weighted by Crippen LogP contribution is 2.40. The molecule has 0 unspecified atom stereocenters. The minimum absolute atomic E-state index is 0.178. The largest absolute Gasteiger partial charge is 0.462 e. The summed E-state index contributed by atoms with van der Waals surface area (Å²) in [5.74, 6) is -0.484. The molecule has 0 radical (unpaired) electrons. The van der Waals surface area contributed by atoms with Gasteiger partial charge in [-0.1, -0.05) is 23.7 Å². The fourth-order valence-electron chi connectivity index (χ4n) is 2.27. The molecule has 2 rings (SSSR count). The van der Waals surface area contributed by atoms with Crippen molar-refractivity contribution in [1.29, 1.82) is 0 Å². The minimum atomic E-state index is -0.465. The molecular weight excluding hydrogens is 369 g/mol. The number of esters is 1. The molecule has 0 atom stereocenters. The van der Waals surface area contributed by atoms with Gasteiger partial charge in [0.2, 0.25) is 5.91 Å². The number of anilines is 1. The van der Waals surface area contributed by atoms with Crippen LogP contribution in [0.5, 0.6) is 0 Å². The van der Waals surface area contributed by atoms with Crippen LogP contribution in [0.4, 0.5) is 5.00 Å². The summed E-state index contributed by atoms with van der Waals surface area (Å²) < 4.78 is 5.17. The van der Waals surface area contributed by atoms with Gasteiger partial charge >= 0.3 is 5.97 Å². The zero-order valence-electron chi connectivity index (χ0n) is 13.3. The first-order valence-electron chi connectivity index (χ1n) is 7.40. The number of nitrogens with one attached hydrogen (secondary N) is 1. The molecular formula is C17H17Cl2NO3S. The van der Waals surface area contributed by atoms with Crippen LogP contribution >= 0.6 is 34.5 Å². The number of halogens is 2. The molecule has 0 aliphatic carbocycles. The van der Waals surface area contributed by atoms with E-state index >= 15 is 0 Å². The molecule has 0 spiro atoms. The number of amides is 1. The van der Waals surface area contributed by atoms with Crippen molar-refractivity contribution in [3.8, 4) is 11.1 Å². The number of hydrogen-bond donors (Lipinski definition) is 1. The van der Waals surface area contributed by atoms with Crippen LogP contribution in [0, 0.1) is 6.92 Å². The molecule has 0 fully saturated rings. The maximum absolute atomic E-state index is 12.5. The summed E-state index contributed by atoms with van der Waals surface area (Å²) in [5, 5.41) is 3.85. The second kappa shape index (κ2) is 8.51. The lowest BCUT2D eigenvalue weighted by molar-refractivity contribution is -0.115. The predicted octanol–water partition coefficient (Wildman–Crippen LogP) is 5.12. The Kier molecular flexibility index (Phi) is 6.66. The third-order valence-electron chi connectivity index (χ3n) is 3.27. The number of aryl methyl sites for hydroxylation is 1. The van der Waals surface area contributed by atoms with E-state index in [9.17, 15) is 9.59 Å². The molecule has 128 valence electrons. The minimum Gasteiger partial charge on any atom is -0.462 e. The first-order valence-corrected chi connectivity index (χ1v) is 9.13. The Morgan fingerprint density at radius 1 is 1.25 bits per heavy atom. The molecule has 24 heavy (non-hydrogen) atoms. The molecule has 0 bridgehead atoms. The van der Waals surface area contributed by atoms with Crippen LogP contribution in [-0.4, -0.2) is 24.4 Å². The monoisotopic (exact) mass is 385 g/mol. The first kappa shape index (κ1) is 18.8. The number of carbonyl (C=O) groups excluding carboxylic acids is 2. The number of benzene rings is 1. The zero-order chi connectivity index (χ0) is 17.7. The van der Waals surface area contributed by atoms with Crippen LogP contribution in [-0.2, 0) is 9.53 Å². The molecule has 0 aliphatic rings. The van der Waals surface area contributed by atoms with Crippen molar-refractivity contribution in [3.63, 3.8) is 0 Å². The Labute approximate surface area is 154 Å². The van der Waals surface area contributed by atoms with Crippen molar-refractivity contribution in [3.05, 3.63) is 39.7 Å². The maximum atomic E-state index is 12.5. The highest BCUT2D eigenvalue weighted by molar-refractivity contribution is 7.17. The lowest BCUT2D eigenvalue weighted by Gasteiger charge is -2.09. The van der Waals surface area contributed by atoms with E-state index in [0.29, 0.717) is 15.6 Å². The molecule has 2 aromatic rings. The Morgan fingerprint density at radius 2 is 1.92 bits per heavy atom. The quantitative estimate of drug-likeness (QED) is 0.554. The van der Waals surface area contributed by atoms with Gasteiger partial charge in [-0.05, 0) is 31.5 Å². The van der Waals surface area contributed by atoms with Crippen molar-refractivity contribution in [2.75, 3.05) is 17.8 Å². The van der Waals surface area contributed by atoms with Crippen LogP contribution in [0.2, 0.25) is 5.02 Å². The summed E-state index contributed by atoms with van der Waals surface area (Å²) in [7, 11) is 0. The van der Waals surface area contributed by atoms with Crippen molar-refractivity contribution >= 4 is 51.4 Å². The fourth-order valence-corrected chi connectivity index (χ4v) is 3.65. The number of thiophene rings is 1. The lowest BCUT2D eigenvalue weighted by atomic mass is 10.0. The second-order valence-electron chi connectivity index (χ2n) is 4.95. The van der Waals surface area contributed by atoms with Gasteiger partial charge in [0.25, 0.3) is 0 Å². The molecule has 1 aromatic carbocycles. The van der Waals surface area contributed by atoms with E-state index in [1.165, 1.54) is 11.3 Å². The van der Waals surface area contributed by atoms with Gasteiger partial charge in [0.1, 0.15) is 10.6 Å². The third kappa shape index (κ3) is 4.29. The van der Waals surface area contributed by atoms with Crippen LogP contribution in [0.15, 0.2) is 24.3 Å². The average molecular weight is 386 g/mol. The number of alkyl halides is 1. The van der Waals surface area contributed by atoms with Crippen LogP contribution < -0.4 is 5.32 Å². The Balaban J connectivity index is 2.52. The number of ether oxygens (including phenoxy) is 1. The summed E-state index contributed by atoms with van der Waals surface area (Å²) in [5.41, 5.74) is 1.95. The van der Waals surface area contributed by atoms with Gasteiger partial charge in [0, 0.05) is 27.8 Å². The molecule has 1 amide bonds. The smallest absolute Gasteiger partial charge is 0.341 e. The normalized spacial score (nSPS) is 10.5. The van der Waals surface area contributed by atoms with Gasteiger partial charge < -0.3 is 10.1 Å². The predicted molar refractivity (Wildman–Crippen MR) is 99.4 cm³/mol. The Bertz CT molecular complexity index is 741. The zero-order valence-corrected chi connectivity index (χ0v) is 15.6. The Morgan fingerprint density at radius 3 is 2.50 bits per heavy atom. The second-order valence-corrected chi connectivity index (χ2v) is 6.99. The van der Waals surface area contributed by atoms with Crippen LogP contribution in [0.25, 0.3) is 11.1 Å². The van der Waals surface area contributed by atoms with Crippen molar-refractivity contribution in [2.24, 2.45) is 0 Å². The van der Waals surface area contributed by atoms with E-state index in [1.54, 1.807) is 19.1 Å². The molecule has 1 N–H and O–H groups in total. The van der Waals surface area contributed by atoms with Gasteiger partial charge in [-0.25, -0.2) is 4.79 Å². The highest BCUT2D eigenvalue weighted by Gasteiger charge is 2.25. The van der Waals surface area contributed by atoms with Gasteiger partial charge in [-0.2, -0.15) is 0 Å². The summed E-state index contributed by atoms with van der Waals surface area (Å²) >= 11 is 12.9. The summed E-state index contributed by atoms with van der Waals surface area (Å²) in [6, 6.07) is 7.19. The molecule has 1 aromatic heterocycles. The van der Waals surface area contributed by atoms with E-state index in [2.05, 4.69) is 5.32 Å². The van der Waals surface area contributed by atoms with Crippen LogP contribution in [0.1, 0.15) is 28.6 Å². The molecule has 4 nitrogen and oxygen atoms in total. The first-order chi connectivity index (χ1) is 11.5. The van der Waals surface area contributed by atoms with Gasteiger partial charge in [0.15, 0.2) is 0 Å². The van der Waals surface area contributed by atoms with E-state index in [0.717, 1.165) is 16.0 Å². The summed E-state index contributed by atoms with van der Waals surface area (Å²) in [4.78, 5) is 25.3. The van der Waals surface area contributed by atoms with E-state index < -0.39 is 5.97 Å². The number of rotatable bonds is 6. The topological polar surface area (TPSA) is 55.4 Å². The standard InChI is InChI=1S/C17H17Cl2NO3S/c1-3-23-17(22)15-14(11-4-6-12(19)7-5-11)10(2)24-16(15)20-13(21)8-9-18/h4-7H,3,8-9H2,1-2H3,(H,20,21). The van der Waals surface area contributed by atoms with Crippen molar-refractivity contribution in [2.45, 2.75) is 20.3 Å². The molecule has 0 saturated heterocycles. The van der Waals surface area contributed by atoms with E-state index in [4.69, 9.17) is 27.9 Å². The van der Waals surface area contributed by atoms with Gasteiger partial charge in [-0.15, -0.1) is 22.9 Å². The molecule has 0 aliphatic heterocycles. The van der Waals surface area contributed by atoms with Crippen LogP contribution in [0.3, 0.4) is 0 Å². The lowest BCUT2D eigenvalue weighted by Crippen LogP contribution is -2.14. The van der Waals surface area contributed by atoms with E-state index in [-0.39, 0.29) is 24.8 Å². The summed E-state index contributed by atoms with van der Waals surface area (Å²) in [6.07, 6.45) is 0.178. The molecule has 7 heteroatoms. The molecule has 1 heterocycles. The average Bonchev–Trinajstić information content (AvgIpc) is 2.84. The number of hydrogen-bond acceptors (Lipinski definition) is 4. The SMILES string of the molecule is CCOC(=O)c1c(NC(=O)CCCl)sc(C)c1-c1ccc(Cl)cc1. The van der Waals surface area contributed by atoms with Gasteiger partial charge in [-0.3, -0.25) is 4.79 Å². The van der Waals surface area contributed by atoms with Crippen molar-refractivity contribution < 1.29 is 14.3 Å². The maximum Gasteiger partial charge on any atom is 0.341 e. The highest BCUT2D eigenvalue weighted by atomic mass is 35.5. The fraction of sp³-hybridized carbons (Fsp3) is 0.294. The third-order valence-corrected chi connectivity index (χ3v) is 4.73. The molecule has 0 saturated carbocycles. The van der Waals surface area contributed by atoms with E-state index in [1.807, 2.05) is 19.1 Å². The number of carbonyl (C=O) groups is 2. The van der Waals surface area contributed by atoms with Crippen molar-refractivity contribution in [1.82, 2.24) is 0 Å². The summed E-state index contributed by atoms with van der Waals surface area (Å²) in [6.45, 7) is 3.89. The Hall–Kier alpha value is -1.56. The van der Waals surface area contributed by atoms with Gasteiger partial charge in [0.05, 0.1) is 6.61 Å².